The Kier molecular flexibility index (Phi) is 2.81. The van der Waals surface area contributed by atoms with Gasteiger partial charge in [-0.15, -0.1) is 0 Å². The number of pyridine rings is 1. The second kappa shape index (κ2) is 4.26. The summed E-state index contributed by atoms with van der Waals surface area (Å²) in [6.45, 7) is 0. The number of hydrogen-bond donors (Lipinski definition) is 1. The molecule has 0 unspecified atom stereocenters. The molecule has 0 aliphatic rings. The Labute approximate surface area is 92.0 Å². The third-order valence-corrected chi connectivity index (χ3v) is 2.20. The predicted octanol–water partition coefficient (Wildman–Crippen LogP) is 3.07. The number of aromatic nitrogens is 1. The SMILES string of the molecule is CNc1cc(F)cc(-c2ccccc2F)n1. The number of rotatable bonds is 2. The van der Waals surface area contributed by atoms with Crippen molar-refractivity contribution >= 4 is 5.82 Å². The Balaban J connectivity index is 2.56. The number of benzene rings is 1. The van der Waals surface area contributed by atoms with Gasteiger partial charge in [-0.2, -0.15) is 0 Å². The fraction of sp³-hybridized carbons (Fsp3) is 0.0833. The Bertz CT molecular complexity index is 512. The lowest BCUT2D eigenvalue weighted by Crippen LogP contribution is -1.96. The molecule has 1 heterocycles. The van der Waals surface area contributed by atoms with Crippen LogP contribution in [0.4, 0.5) is 14.6 Å². The molecule has 1 aromatic carbocycles. The van der Waals surface area contributed by atoms with Gasteiger partial charge in [0.25, 0.3) is 0 Å². The number of nitrogens with zero attached hydrogens (tertiary/aromatic N) is 1. The topological polar surface area (TPSA) is 24.9 Å². The van der Waals surface area contributed by atoms with Crippen molar-refractivity contribution in [2.75, 3.05) is 12.4 Å². The Hall–Kier alpha value is -1.97. The molecular formula is C12H10F2N2. The zero-order valence-corrected chi connectivity index (χ0v) is 8.67. The van der Waals surface area contributed by atoms with E-state index in [2.05, 4.69) is 10.3 Å². The van der Waals surface area contributed by atoms with Crippen molar-refractivity contribution in [3.63, 3.8) is 0 Å². The molecule has 0 aliphatic carbocycles. The van der Waals surface area contributed by atoms with E-state index in [1.165, 1.54) is 18.2 Å². The minimum Gasteiger partial charge on any atom is -0.373 e. The van der Waals surface area contributed by atoms with Gasteiger partial charge in [0.2, 0.25) is 0 Å². The van der Waals surface area contributed by atoms with Gasteiger partial charge in [-0.05, 0) is 12.1 Å². The molecule has 2 nitrogen and oxygen atoms in total. The van der Waals surface area contributed by atoms with Crippen molar-refractivity contribution in [3.8, 4) is 11.3 Å². The number of hydrogen-bond acceptors (Lipinski definition) is 2. The molecule has 82 valence electrons. The van der Waals surface area contributed by atoms with Crippen LogP contribution in [0.25, 0.3) is 11.3 Å². The number of nitrogens with one attached hydrogen (secondary N) is 1. The van der Waals surface area contributed by atoms with Crippen LogP contribution >= 0.6 is 0 Å². The van der Waals surface area contributed by atoms with Crippen LogP contribution in [0.5, 0.6) is 0 Å². The maximum absolute atomic E-state index is 13.5. The summed E-state index contributed by atoms with van der Waals surface area (Å²) >= 11 is 0. The molecule has 0 spiro atoms. The van der Waals surface area contributed by atoms with Gasteiger partial charge < -0.3 is 5.32 Å². The maximum atomic E-state index is 13.5. The van der Waals surface area contributed by atoms with Crippen LogP contribution in [0.15, 0.2) is 36.4 Å². The lowest BCUT2D eigenvalue weighted by molar-refractivity contribution is 0.622. The van der Waals surface area contributed by atoms with E-state index in [1.807, 2.05) is 0 Å². The first-order chi connectivity index (χ1) is 7.70. The van der Waals surface area contributed by atoms with Gasteiger partial charge in [0.05, 0.1) is 5.69 Å². The molecule has 1 N–H and O–H groups in total. The van der Waals surface area contributed by atoms with Gasteiger partial charge in [0.1, 0.15) is 17.5 Å². The van der Waals surface area contributed by atoms with E-state index in [0.29, 0.717) is 11.4 Å². The molecule has 0 saturated heterocycles. The second-order valence-electron chi connectivity index (χ2n) is 3.29. The summed E-state index contributed by atoms with van der Waals surface area (Å²) in [6.07, 6.45) is 0. The first-order valence-electron chi connectivity index (χ1n) is 4.81. The number of halogens is 2. The van der Waals surface area contributed by atoms with Crippen LogP contribution < -0.4 is 5.32 Å². The summed E-state index contributed by atoms with van der Waals surface area (Å²) in [5, 5.41) is 2.72. The van der Waals surface area contributed by atoms with Gasteiger partial charge in [-0.25, -0.2) is 13.8 Å². The Morgan fingerprint density at radius 2 is 1.88 bits per heavy atom. The van der Waals surface area contributed by atoms with Gasteiger partial charge in [0.15, 0.2) is 0 Å². The molecule has 4 heteroatoms. The van der Waals surface area contributed by atoms with Crippen LogP contribution in [-0.4, -0.2) is 12.0 Å². The minimum absolute atomic E-state index is 0.280. The normalized spacial score (nSPS) is 10.2. The van der Waals surface area contributed by atoms with Crippen molar-refractivity contribution in [2.24, 2.45) is 0 Å². The summed E-state index contributed by atoms with van der Waals surface area (Å²) in [4.78, 5) is 4.09. The van der Waals surface area contributed by atoms with Crippen LogP contribution in [0, 0.1) is 11.6 Å². The van der Waals surface area contributed by atoms with Crippen LogP contribution in [0.1, 0.15) is 0 Å². The van der Waals surface area contributed by atoms with Gasteiger partial charge in [-0.3, -0.25) is 0 Å². The van der Waals surface area contributed by atoms with Crippen LogP contribution in [0.2, 0.25) is 0 Å². The highest BCUT2D eigenvalue weighted by Gasteiger charge is 2.08. The van der Waals surface area contributed by atoms with Gasteiger partial charge in [-0.1, -0.05) is 12.1 Å². The lowest BCUT2D eigenvalue weighted by atomic mass is 10.1. The first-order valence-corrected chi connectivity index (χ1v) is 4.81. The third-order valence-electron chi connectivity index (χ3n) is 2.20. The third kappa shape index (κ3) is 2.00. The van der Waals surface area contributed by atoms with E-state index in [0.717, 1.165) is 0 Å². The predicted molar refractivity (Wildman–Crippen MR) is 59.1 cm³/mol. The molecule has 2 aromatic rings. The Morgan fingerprint density at radius 3 is 2.56 bits per heavy atom. The average Bonchev–Trinajstić information content (AvgIpc) is 2.28. The van der Waals surface area contributed by atoms with Crippen molar-refractivity contribution in [1.29, 1.82) is 0 Å². The fourth-order valence-corrected chi connectivity index (χ4v) is 1.43. The first kappa shape index (κ1) is 10.5. The van der Waals surface area contributed by atoms with E-state index in [1.54, 1.807) is 25.2 Å². The van der Waals surface area contributed by atoms with Crippen molar-refractivity contribution in [3.05, 3.63) is 48.0 Å². The maximum Gasteiger partial charge on any atom is 0.132 e. The highest BCUT2D eigenvalue weighted by atomic mass is 19.1. The molecule has 16 heavy (non-hydrogen) atoms. The van der Waals surface area contributed by atoms with E-state index in [9.17, 15) is 8.78 Å². The quantitative estimate of drug-likeness (QED) is 0.841. The van der Waals surface area contributed by atoms with E-state index >= 15 is 0 Å². The largest absolute Gasteiger partial charge is 0.373 e. The summed E-state index contributed by atoms with van der Waals surface area (Å²) in [7, 11) is 1.63. The van der Waals surface area contributed by atoms with Crippen molar-refractivity contribution < 1.29 is 8.78 Å². The minimum atomic E-state index is -0.447. The summed E-state index contributed by atoms with van der Waals surface area (Å²) in [5.74, 6) is -0.487. The molecule has 0 saturated carbocycles. The fourth-order valence-electron chi connectivity index (χ4n) is 1.43. The zero-order valence-electron chi connectivity index (χ0n) is 8.67. The molecule has 0 aliphatic heterocycles. The van der Waals surface area contributed by atoms with Gasteiger partial charge >= 0.3 is 0 Å². The molecule has 0 bridgehead atoms. The summed E-state index contributed by atoms with van der Waals surface area (Å²) in [5.41, 5.74) is 0.570. The molecular weight excluding hydrogens is 210 g/mol. The molecule has 1 aromatic heterocycles. The molecule has 0 amide bonds. The van der Waals surface area contributed by atoms with Crippen molar-refractivity contribution in [1.82, 2.24) is 4.98 Å². The monoisotopic (exact) mass is 220 g/mol. The zero-order chi connectivity index (χ0) is 11.5. The van der Waals surface area contributed by atoms with E-state index in [-0.39, 0.29) is 5.69 Å². The van der Waals surface area contributed by atoms with E-state index in [4.69, 9.17) is 0 Å². The standard InChI is InChI=1S/C12H10F2N2/c1-15-12-7-8(13)6-11(16-12)9-4-2-3-5-10(9)14/h2-7H,1H3,(H,15,16). The van der Waals surface area contributed by atoms with Crippen molar-refractivity contribution in [2.45, 2.75) is 0 Å². The van der Waals surface area contributed by atoms with Crippen LogP contribution in [0.3, 0.4) is 0 Å². The van der Waals surface area contributed by atoms with Gasteiger partial charge in [0, 0.05) is 24.7 Å². The summed E-state index contributed by atoms with van der Waals surface area (Å²) in [6, 6.07) is 8.61. The van der Waals surface area contributed by atoms with E-state index < -0.39 is 11.6 Å². The molecule has 0 atom stereocenters. The smallest absolute Gasteiger partial charge is 0.132 e. The molecule has 2 rings (SSSR count). The highest BCUT2D eigenvalue weighted by molar-refractivity contribution is 5.62. The lowest BCUT2D eigenvalue weighted by Gasteiger charge is -2.05. The molecule has 0 radical (unpaired) electrons. The molecule has 0 fully saturated rings. The van der Waals surface area contributed by atoms with Crippen LogP contribution in [-0.2, 0) is 0 Å². The second-order valence-corrected chi connectivity index (χ2v) is 3.29. The Morgan fingerprint density at radius 1 is 1.12 bits per heavy atom. The average molecular weight is 220 g/mol. The highest BCUT2D eigenvalue weighted by Crippen LogP contribution is 2.22. The number of anilines is 1. The summed E-state index contributed by atoms with van der Waals surface area (Å²) < 4.78 is 26.7.